The van der Waals surface area contributed by atoms with Crippen molar-refractivity contribution in [3.8, 4) is 0 Å². The number of nitrogens with zero attached hydrogens (tertiary/aromatic N) is 3. The average Bonchev–Trinajstić information content (AvgIpc) is 2.58. The molecule has 2 heterocycles. The Balaban J connectivity index is 2.11. The van der Waals surface area contributed by atoms with Crippen molar-refractivity contribution in [1.82, 2.24) is 10.1 Å². The molecule has 66 valence electrons. The number of hydrogen-bond donors (Lipinski definition) is 1. The van der Waals surface area contributed by atoms with Gasteiger partial charge in [-0.1, -0.05) is 5.16 Å². The molecular formula is C7H12N4O. The normalized spacial score (nSPS) is 23.5. The summed E-state index contributed by atoms with van der Waals surface area (Å²) in [5, 5.41) is 3.72. The fourth-order valence-corrected chi connectivity index (χ4v) is 1.38. The maximum atomic E-state index is 5.74. The minimum atomic E-state index is 0.247. The number of aromatic nitrogens is 2. The molecule has 1 aromatic rings. The van der Waals surface area contributed by atoms with E-state index in [4.69, 9.17) is 10.3 Å². The topological polar surface area (TPSA) is 68.2 Å². The Morgan fingerprint density at radius 1 is 1.67 bits per heavy atom. The standard InChI is InChI=1S/C7H12N4O/c1-5-9-7(12-10-5)11-3-2-6(8)4-11/h6H,2-4,8H2,1H3. The van der Waals surface area contributed by atoms with Gasteiger partial charge in [0.2, 0.25) is 0 Å². The summed E-state index contributed by atoms with van der Waals surface area (Å²) < 4.78 is 5.01. The van der Waals surface area contributed by atoms with Gasteiger partial charge in [-0.3, -0.25) is 0 Å². The maximum absolute atomic E-state index is 5.74. The Morgan fingerprint density at radius 2 is 2.50 bits per heavy atom. The predicted octanol–water partition coefficient (Wildman–Crippen LogP) is -0.0846. The zero-order valence-corrected chi connectivity index (χ0v) is 7.03. The first-order valence-electron chi connectivity index (χ1n) is 4.06. The van der Waals surface area contributed by atoms with E-state index in [-0.39, 0.29) is 6.04 Å². The zero-order chi connectivity index (χ0) is 8.55. The van der Waals surface area contributed by atoms with Gasteiger partial charge in [-0.05, 0) is 13.3 Å². The van der Waals surface area contributed by atoms with Crippen LogP contribution in [-0.4, -0.2) is 29.3 Å². The molecule has 1 atom stereocenters. The second kappa shape index (κ2) is 2.75. The molecular weight excluding hydrogens is 156 g/mol. The first kappa shape index (κ1) is 7.54. The molecule has 1 saturated heterocycles. The molecule has 5 heteroatoms. The molecule has 2 rings (SSSR count). The Bertz CT molecular complexity index is 272. The molecule has 1 aromatic heterocycles. The summed E-state index contributed by atoms with van der Waals surface area (Å²) in [6, 6.07) is 0.845. The van der Waals surface area contributed by atoms with Crippen LogP contribution in [0.5, 0.6) is 0 Å². The smallest absolute Gasteiger partial charge is 0.324 e. The summed E-state index contributed by atoms with van der Waals surface area (Å²) in [4.78, 5) is 6.14. The quantitative estimate of drug-likeness (QED) is 0.635. The minimum absolute atomic E-state index is 0.247. The van der Waals surface area contributed by atoms with E-state index in [1.165, 1.54) is 0 Å². The van der Waals surface area contributed by atoms with Crippen LogP contribution in [0.1, 0.15) is 12.2 Å². The predicted molar refractivity (Wildman–Crippen MR) is 43.8 cm³/mol. The van der Waals surface area contributed by atoms with Crippen molar-refractivity contribution in [2.75, 3.05) is 18.0 Å². The van der Waals surface area contributed by atoms with E-state index in [0.717, 1.165) is 19.5 Å². The SMILES string of the molecule is Cc1noc(N2CCC(N)C2)n1. The van der Waals surface area contributed by atoms with Crippen LogP contribution in [0.25, 0.3) is 0 Å². The third-order valence-electron chi connectivity index (χ3n) is 2.01. The second-order valence-corrected chi connectivity index (χ2v) is 3.12. The Labute approximate surface area is 70.5 Å². The van der Waals surface area contributed by atoms with Gasteiger partial charge < -0.3 is 15.2 Å². The third kappa shape index (κ3) is 1.27. The van der Waals surface area contributed by atoms with Crippen molar-refractivity contribution < 1.29 is 4.52 Å². The lowest BCUT2D eigenvalue weighted by molar-refractivity contribution is 0.413. The lowest BCUT2D eigenvalue weighted by atomic mass is 10.3. The van der Waals surface area contributed by atoms with Gasteiger partial charge in [-0.2, -0.15) is 4.98 Å². The summed E-state index contributed by atoms with van der Waals surface area (Å²) in [5.41, 5.74) is 5.74. The molecule has 0 bridgehead atoms. The van der Waals surface area contributed by atoms with Crippen LogP contribution < -0.4 is 10.6 Å². The van der Waals surface area contributed by atoms with Gasteiger partial charge in [0.15, 0.2) is 5.82 Å². The molecule has 1 aliphatic heterocycles. The Hall–Kier alpha value is -1.10. The second-order valence-electron chi connectivity index (χ2n) is 3.12. The van der Waals surface area contributed by atoms with E-state index in [1.807, 2.05) is 11.8 Å². The number of nitrogens with two attached hydrogens (primary N) is 1. The number of aryl methyl sites for hydroxylation is 1. The van der Waals surface area contributed by atoms with Crippen molar-refractivity contribution in [2.24, 2.45) is 5.73 Å². The lowest BCUT2D eigenvalue weighted by Crippen LogP contribution is -2.26. The number of anilines is 1. The molecule has 0 aliphatic carbocycles. The van der Waals surface area contributed by atoms with Crippen LogP contribution in [0, 0.1) is 6.92 Å². The van der Waals surface area contributed by atoms with E-state index >= 15 is 0 Å². The molecule has 0 radical (unpaired) electrons. The van der Waals surface area contributed by atoms with Crippen LogP contribution in [0.2, 0.25) is 0 Å². The number of hydrogen-bond acceptors (Lipinski definition) is 5. The molecule has 1 fully saturated rings. The molecule has 0 aromatic carbocycles. The van der Waals surface area contributed by atoms with Gasteiger partial charge in [-0.25, -0.2) is 0 Å². The number of rotatable bonds is 1. The highest BCUT2D eigenvalue weighted by Gasteiger charge is 2.22. The summed E-state index contributed by atoms with van der Waals surface area (Å²) in [5.74, 6) is 0.672. The molecule has 0 amide bonds. The van der Waals surface area contributed by atoms with Crippen LogP contribution >= 0.6 is 0 Å². The van der Waals surface area contributed by atoms with Gasteiger partial charge in [0.05, 0.1) is 0 Å². The first-order chi connectivity index (χ1) is 5.75. The third-order valence-corrected chi connectivity index (χ3v) is 2.01. The van der Waals surface area contributed by atoms with Crippen LogP contribution in [0.3, 0.4) is 0 Å². The Kier molecular flexibility index (Phi) is 1.73. The fraction of sp³-hybridized carbons (Fsp3) is 0.714. The van der Waals surface area contributed by atoms with Gasteiger partial charge in [-0.15, -0.1) is 0 Å². The summed E-state index contributed by atoms with van der Waals surface area (Å²) in [6.45, 7) is 3.55. The van der Waals surface area contributed by atoms with Crippen LogP contribution in [-0.2, 0) is 0 Å². The zero-order valence-electron chi connectivity index (χ0n) is 7.03. The van der Waals surface area contributed by atoms with Crippen molar-refractivity contribution in [1.29, 1.82) is 0 Å². The molecule has 1 aliphatic rings. The molecule has 1 unspecified atom stereocenters. The molecule has 12 heavy (non-hydrogen) atoms. The van der Waals surface area contributed by atoms with E-state index in [2.05, 4.69) is 10.1 Å². The van der Waals surface area contributed by atoms with Crippen LogP contribution in [0.15, 0.2) is 4.52 Å². The highest BCUT2D eigenvalue weighted by Crippen LogP contribution is 2.16. The fourth-order valence-electron chi connectivity index (χ4n) is 1.38. The Morgan fingerprint density at radius 3 is 3.00 bits per heavy atom. The van der Waals surface area contributed by atoms with Gasteiger partial charge in [0.25, 0.3) is 0 Å². The summed E-state index contributed by atoms with van der Waals surface area (Å²) in [7, 11) is 0. The van der Waals surface area contributed by atoms with Gasteiger partial charge >= 0.3 is 6.01 Å². The van der Waals surface area contributed by atoms with Gasteiger partial charge in [0, 0.05) is 19.1 Å². The summed E-state index contributed by atoms with van der Waals surface area (Å²) in [6.07, 6.45) is 1.00. The molecule has 0 spiro atoms. The van der Waals surface area contributed by atoms with E-state index in [0.29, 0.717) is 11.8 Å². The van der Waals surface area contributed by atoms with Crippen molar-refractivity contribution in [2.45, 2.75) is 19.4 Å². The van der Waals surface area contributed by atoms with Gasteiger partial charge in [0.1, 0.15) is 0 Å². The molecule has 5 nitrogen and oxygen atoms in total. The molecule has 0 saturated carbocycles. The summed E-state index contributed by atoms with van der Waals surface area (Å²) >= 11 is 0. The molecule has 2 N–H and O–H groups in total. The first-order valence-corrected chi connectivity index (χ1v) is 4.06. The largest absolute Gasteiger partial charge is 0.326 e. The van der Waals surface area contributed by atoms with Crippen molar-refractivity contribution >= 4 is 6.01 Å². The van der Waals surface area contributed by atoms with Crippen LogP contribution in [0.4, 0.5) is 6.01 Å². The highest BCUT2D eigenvalue weighted by atomic mass is 16.5. The van der Waals surface area contributed by atoms with E-state index in [9.17, 15) is 0 Å². The van der Waals surface area contributed by atoms with E-state index in [1.54, 1.807) is 0 Å². The van der Waals surface area contributed by atoms with E-state index < -0.39 is 0 Å². The van der Waals surface area contributed by atoms with Crippen molar-refractivity contribution in [3.05, 3.63) is 5.82 Å². The monoisotopic (exact) mass is 168 g/mol. The average molecular weight is 168 g/mol. The lowest BCUT2D eigenvalue weighted by Gasteiger charge is -2.10. The minimum Gasteiger partial charge on any atom is -0.326 e. The van der Waals surface area contributed by atoms with Crippen molar-refractivity contribution in [3.63, 3.8) is 0 Å². The maximum Gasteiger partial charge on any atom is 0.324 e. The highest BCUT2D eigenvalue weighted by molar-refractivity contribution is 5.27.